The molecule has 3 nitrogen and oxygen atoms in total. The Labute approximate surface area is 68.5 Å². The highest BCUT2D eigenvalue weighted by Gasteiger charge is 2.19. The fourth-order valence-corrected chi connectivity index (χ4v) is 0.699. The SMILES string of the molecule is CC(C)OC(O)[C@H](N)C(C)C. The van der Waals surface area contributed by atoms with Gasteiger partial charge in [-0.25, -0.2) is 0 Å². The first-order valence-corrected chi connectivity index (χ1v) is 4.04. The van der Waals surface area contributed by atoms with Gasteiger partial charge >= 0.3 is 0 Å². The zero-order chi connectivity index (χ0) is 9.02. The van der Waals surface area contributed by atoms with Gasteiger partial charge in [0.1, 0.15) is 0 Å². The summed E-state index contributed by atoms with van der Waals surface area (Å²) in [6, 6.07) is -0.294. The van der Waals surface area contributed by atoms with Crippen LogP contribution in [0.15, 0.2) is 0 Å². The van der Waals surface area contributed by atoms with E-state index in [-0.39, 0.29) is 18.1 Å². The van der Waals surface area contributed by atoms with Crippen LogP contribution >= 0.6 is 0 Å². The molecular formula is C8H19NO2. The molecule has 0 aromatic heterocycles. The predicted molar refractivity (Wildman–Crippen MR) is 45.0 cm³/mol. The van der Waals surface area contributed by atoms with Crippen molar-refractivity contribution in [3.63, 3.8) is 0 Å². The van der Waals surface area contributed by atoms with E-state index in [2.05, 4.69) is 0 Å². The fourth-order valence-electron chi connectivity index (χ4n) is 0.699. The molecule has 0 fully saturated rings. The van der Waals surface area contributed by atoms with Gasteiger partial charge in [0, 0.05) is 0 Å². The summed E-state index contributed by atoms with van der Waals surface area (Å²) < 4.78 is 5.10. The van der Waals surface area contributed by atoms with E-state index in [1.165, 1.54) is 0 Å². The van der Waals surface area contributed by atoms with Crippen LogP contribution in [0.2, 0.25) is 0 Å². The third-order valence-electron chi connectivity index (χ3n) is 1.51. The van der Waals surface area contributed by atoms with Crippen LogP contribution in [0, 0.1) is 5.92 Å². The summed E-state index contributed by atoms with van der Waals surface area (Å²) in [6.45, 7) is 7.65. The summed E-state index contributed by atoms with van der Waals surface area (Å²) in [6.07, 6.45) is -0.815. The van der Waals surface area contributed by atoms with Crippen LogP contribution in [-0.4, -0.2) is 23.5 Å². The zero-order valence-corrected chi connectivity index (χ0v) is 7.74. The van der Waals surface area contributed by atoms with Gasteiger partial charge < -0.3 is 15.6 Å². The van der Waals surface area contributed by atoms with Crippen molar-refractivity contribution in [3.8, 4) is 0 Å². The third-order valence-corrected chi connectivity index (χ3v) is 1.51. The minimum absolute atomic E-state index is 0.0230. The highest BCUT2D eigenvalue weighted by Crippen LogP contribution is 2.06. The van der Waals surface area contributed by atoms with Gasteiger partial charge in [0.2, 0.25) is 0 Å². The Morgan fingerprint density at radius 1 is 1.18 bits per heavy atom. The third kappa shape index (κ3) is 4.35. The lowest BCUT2D eigenvalue weighted by molar-refractivity contribution is -0.143. The predicted octanol–water partition coefficient (Wildman–Crippen LogP) is 0.713. The maximum Gasteiger partial charge on any atom is 0.170 e. The zero-order valence-electron chi connectivity index (χ0n) is 7.74. The molecule has 68 valence electrons. The monoisotopic (exact) mass is 161 g/mol. The second kappa shape index (κ2) is 4.70. The molecule has 0 bridgehead atoms. The van der Waals surface area contributed by atoms with Crippen molar-refractivity contribution in [2.24, 2.45) is 11.7 Å². The van der Waals surface area contributed by atoms with Gasteiger partial charge in [0.15, 0.2) is 6.29 Å². The molecule has 0 aliphatic rings. The summed E-state index contributed by atoms with van der Waals surface area (Å²) in [5, 5.41) is 9.31. The molecule has 1 unspecified atom stereocenters. The number of ether oxygens (including phenoxy) is 1. The lowest BCUT2D eigenvalue weighted by Gasteiger charge is -2.23. The molecule has 11 heavy (non-hydrogen) atoms. The van der Waals surface area contributed by atoms with Crippen molar-refractivity contribution >= 4 is 0 Å². The minimum atomic E-state index is -0.838. The minimum Gasteiger partial charge on any atom is -0.367 e. The molecule has 3 heteroatoms. The average Bonchev–Trinajstić information content (AvgIpc) is 1.84. The second-order valence-electron chi connectivity index (χ2n) is 3.40. The first-order valence-electron chi connectivity index (χ1n) is 4.04. The Morgan fingerprint density at radius 2 is 1.64 bits per heavy atom. The van der Waals surface area contributed by atoms with Crippen molar-refractivity contribution in [1.29, 1.82) is 0 Å². The maximum atomic E-state index is 9.31. The molecule has 0 aromatic carbocycles. The van der Waals surface area contributed by atoms with Crippen molar-refractivity contribution < 1.29 is 9.84 Å². The summed E-state index contributed by atoms with van der Waals surface area (Å²) in [5.41, 5.74) is 5.63. The summed E-state index contributed by atoms with van der Waals surface area (Å²) in [7, 11) is 0. The summed E-state index contributed by atoms with van der Waals surface area (Å²) >= 11 is 0. The first-order chi connectivity index (χ1) is 4.95. The Hall–Kier alpha value is -0.120. The van der Waals surface area contributed by atoms with Gasteiger partial charge in [-0.3, -0.25) is 0 Å². The number of aliphatic hydroxyl groups is 1. The largest absolute Gasteiger partial charge is 0.367 e. The molecule has 2 atom stereocenters. The van der Waals surface area contributed by atoms with E-state index in [0.717, 1.165) is 0 Å². The lowest BCUT2D eigenvalue weighted by Crippen LogP contribution is -2.41. The van der Waals surface area contributed by atoms with Gasteiger partial charge in [0.05, 0.1) is 12.1 Å². The Morgan fingerprint density at radius 3 is 1.91 bits per heavy atom. The van der Waals surface area contributed by atoms with E-state index in [1.807, 2.05) is 27.7 Å². The van der Waals surface area contributed by atoms with Gasteiger partial charge in [-0.1, -0.05) is 13.8 Å². The molecule has 0 aromatic rings. The van der Waals surface area contributed by atoms with Crippen LogP contribution in [-0.2, 0) is 4.74 Å². The van der Waals surface area contributed by atoms with E-state index >= 15 is 0 Å². The van der Waals surface area contributed by atoms with Crippen molar-refractivity contribution in [3.05, 3.63) is 0 Å². The van der Waals surface area contributed by atoms with E-state index in [0.29, 0.717) is 0 Å². The van der Waals surface area contributed by atoms with Gasteiger partial charge in [-0.2, -0.15) is 0 Å². The molecule has 0 radical (unpaired) electrons. The van der Waals surface area contributed by atoms with Crippen LogP contribution in [0.25, 0.3) is 0 Å². The van der Waals surface area contributed by atoms with Crippen molar-refractivity contribution in [2.45, 2.75) is 46.1 Å². The highest BCUT2D eigenvalue weighted by molar-refractivity contribution is 4.68. The Kier molecular flexibility index (Phi) is 4.65. The van der Waals surface area contributed by atoms with E-state index in [9.17, 15) is 5.11 Å². The molecular weight excluding hydrogens is 142 g/mol. The summed E-state index contributed by atoms with van der Waals surface area (Å²) in [5.74, 6) is 0.240. The first kappa shape index (κ1) is 10.9. The quantitative estimate of drug-likeness (QED) is 0.597. The van der Waals surface area contributed by atoms with E-state index in [4.69, 9.17) is 10.5 Å². The molecule has 0 amide bonds. The van der Waals surface area contributed by atoms with Crippen LogP contribution < -0.4 is 5.73 Å². The van der Waals surface area contributed by atoms with E-state index < -0.39 is 6.29 Å². The number of nitrogens with two attached hydrogens (primary N) is 1. The Bertz CT molecular complexity index is 104. The smallest absolute Gasteiger partial charge is 0.170 e. The van der Waals surface area contributed by atoms with Gasteiger partial charge in [0.25, 0.3) is 0 Å². The number of hydrogen-bond acceptors (Lipinski definition) is 3. The van der Waals surface area contributed by atoms with Crippen molar-refractivity contribution in [2.75, 3.05) is 0 Å². The molecule has 0 heterocycles. The fraction of sp³-hybridized carbons (Fsp3) is 1.00. The standard InChI is InChI=1S/C8H19NO2/c1-5(2)7(9)8(10)11-6(3)4/h5-8,10H,9H2,1-4H3/t7-,8?/m1/s1. The van der Waals surface area contributed by atoms with Crippen molar-refractivity contribution in [1.82, 2.24) is 0 Å². The number of aliphatic hydroxyl groups excluding tert-OH is 1. The van der Waals surface area contributed by atoms with Crippen LogP contribution in [0.1, 0.15) is 27.7 Å². The van der Waals surface area contributed by atoms with Crippen LogP contribution in [0.4, 0.5) is 0 Å². The number of rotatable bonds is 4. The topological polar surface area (TPSA) is 55.5 Å². The molecule has 0 spiro atoms. The second-order valence-corrected chi connectivity index (χ2v) is 3.40. The molecule has 3 N–H and O–H groups in total. The maximum absolute atomic E-state index is 9.31. The Balaban J connectivity index is 3.73. The van der Waals surface area contributed by atoms with Gasteiger partial charge in [-0.05, 0) is 19.8 Å². The lowest BCUT2D eigenvalue weighted by atomic mass is 10.1. The molecule has 0 saturated heterocycles. The molecule has 0 aliphatic carbocycles. The molecule has 0 rings (SSSR count). The highest BCUT2D eigenvalue weighted by atomic mass is 16.6. The van der Waals surface area contributed by atoms with Crippen LogP contribution in [0.5, 0.6) is 0 Å². The van der Waals surface area contributed by atoms with Gasteiger partial charge in [-0.15, -0.1) is 0 Å². The number of hydrogen-bond donors (Lipinski definition) is 2. The molecule has 0 saturated carbocycles. The van der Waals surface area contributed by atoms with E-state index in [1.54, 1.807) is 0 Å². The average molecular weight is 161 g/mol. The summed E-state index contributed by atoms with van der Waals surface area (Å²) in [4.78, 5) is 0. The van der Waals surface area contributed by atoms with Crippen LogP contribution in [0.3, 0.4) is 0 Å². The molecule has 0 aliphatic heterocycles. The normalized spacial score (nSPS) is 17.5.